The number of methoxy groups -OCH3 is 1. The fraction of sp³-hybridized carbons (Fsp3) is 0.889. The van der Waals surface area contributed by atoms with Crippen molar-refractivity contribution in [3.05, 3.63) is 0 Å². The Balaban J connectivity index is 2.60. The number of sulfonamides is 1. The second-order valence-corrected chi connectivity index (χ2v) is 8.66. The highest BCUT2D eigenvalue weighted by Gasteiger charge is 2.33. The Morgan fingerprint density at radius 3 is 2.37 bits per heavy atom. The van der Waals surface area contributed by atoms with Crippen molar-refractivity contribution in [1.82, 2.24) is 4.72 Å². The highest BCUT2D eigenvalue weighted by molar-refractivity contribution is 7.92. The number of carbonyl (C=O) groups is 1. The predicted octanol–water partition coefficient (Wildman–Crippen LogP) is -1.42. The molecule has 0 aromatic rings. The molecule has 1 unspecified atom stereocenters. The topological polar surface area (TPSA) is 127 Å². The molecule has 2 N–H and O–H groups in total. The summed E-state index contributed by atoms with van der Waals surface area (Å²) < 4.78 is 53.0. The molecular formula is C9H17NO7S2. The van der Waals surface area contributed by atoms with Crippen molar-refractivity contribution < 1.29 is 31.5 Å². The van der Waals surface area contributed by atoms with Gasteiger partial charge in [-0.3, -0.25) is 0 Å². The predicted molar refractivity (Wildman–Crippen MR) is 67.0 cm³/mol. The third kappa shape index (κ3) is 4.71. The lowest BCUT2D eigenvalue weighted by atomic mass is 10.2. The van der Waals surface area contributed by atoms with Crippen LogP contribution < -0.4 is 4.72 Å². The quantitative estimate of drug-likeness (QED) is 0.616. The second-order valence-electron chi connectivity index (χ2n) is 4.31. The summed E-state index contributed by atoms with van der Waals surface area (Å²) >= 11 is 0. The van der Waals surface area contributed by atoms with Gasteiger partial charge in [-0.25, -0.2) is 26.4 Å². The Morgan fingerprint density at radius 1 is 1.42 bits per heavy atom. The Morgan fingerprint density at radius 2 is 1.95 bits per heavy atom. The summed E-state index contributed by atoms with van der Waals surface area (Å²) in [6, 6.07) is 0. The van der Waals surface area contributed by atoms with Gasteiger partial charge >= 0.3 is 5.97 Å². The number of carboxylic acid groups (broad SMARTS) is 1. The average Bonchev–Trinajstić information content (AvgIpc) is 2.28. The van der Waals surface area contributed by atoms with Gasteiger partial charge in [0.1, 0.15) is 9.84 Å². The molecule has 0 saturated carbocycles. The van der Waals surface area contributed by atoms with Crippen molar-refractivity contribution in [1.29, 1.82) is 0 Å². The smallest absolute Gasteiger partial charge is 0.334 e. The molecular weight excluding hydrogens is 298 g/mol. The first-order valence-corrected chi connectivity index (χ1v) is 8.99. The van der Waals surface area contributed by atoms with Crippen LogP contribution in [0.3, 0.4) is 0 Å². The zero-order valence-electron chi connectivity index (χ0n) is 10.4. The van der Waals surface area contributed by atoms with Crippen LogP contribution in [0, 0.1) is 0 Å². The monoisotopic (exact) mass is 315 g/mol. The van der Waals surface area contributed by atoms with Crippen LogP contribution >= 0.6 is 0 Å². The van der Waals surface area contributed by atoms with Crippen LogP contribution in [0.2, 0.25) is 0 Å². The summed E-state index contributed by atoms with van der Waals surface area (Å²) in [6.45, 7) is -0.378. The molecule has 0 radical (unpaired) electrons. The molecule has 1 saturated heterocycles. The molecule has 0 amide bonds. The third-order valence-corrected chi connectivity index (χ3v) is 6.60. The number of hydrogen-bond donors (Lipinski definition) is 2. The van der Waals surface area contributed by atoms with E-state index in [4.69, 9.17) is 5.11 Å². The molecule has 0 spiro atoms. The molecule has 19 heavy (non-hydrogen) atoms. The SMILES string of the molecule is COC(CNS(=O)(=O)C1CCS(=O)(=O)CC1)C(=O)O. The zero-order chi connectivity index (χ0) is 14.7. The lowest BCUT2D eigenvalue weighted by Gasteiger charge is -2.23. The lowest BCUT2D eigenvalue weighted by Crippen LogP contribution is -2.44. The van der Waals surface area contributed by atoms with E-state index in [2.05, 4.69) is 9.46 Å². The number of hydrogen-bond acceptors (Lipinski definition) is 6. The number of sulfone groups is 1. The summed E-state index contributed by atoms with van der Waals surface area (Å²) in [5.74, 6) is -1.59. The van der Waals surface area contributed by atoms with E-state index in [1.165, 1.54) is 7.11 Å². The molecule has 1 atom stereocenters. The molecule has 0 bridgehead atoms. The van der Waals surface area contributed by atoms with E-state index in [-0.39, 0.29) is 30.9 Å². The largest absolute Gasteiger partial charge is 0.479 e. The van der Waals surface area contributed by atoms with E-state index in [1.807, 2.05) is 0 Å². The van der Waals surface area contributed by atoms with E-state index < -0.39 is 37.2 Å². The first-order valence-electron chi connectivity index (χ1n) is 5.62. The standard InChI is InChI=1S/C9H17NO7S2/c1-17-8(9(11)12)6-10-19(15,16)7-2-4-18(13,14)5-3-7/h7-8,10H,2-6H2,1H3,(H,11,12). The van der Waals surface area contributed by atoms with Crippen LogP contribution in [0.4, 0.5) is 0 Å². The Hall–Kier alpha value is -0.710. The van der Waals surface area contributed by atoms with Crippen molar-refractivity contribution >= 4 is 25.8 Å². The van der Waals surface area contributed by atoms with Crippen LogP contribution in [-0.4, -0.2) is 64.4 Å². The van der Waals surface area contributed by atoms with Crippen molar-refractivity contribution in [2.24, 2.45) is 0 Å². The summed E-state index contributed by atoms with van der Waals surface area (Å²) in [7, 11) is -5.70. The summed E-state index contributed by atoms with van der Waals surface area (Å²) in [5, 5.41) is 7.91. The van der Waals surface area contributed by atoms with E-state index in [9.17, 15) is 21.6 Å². The molecule has 1 rings (SSSR count). The van der Waals surface area contributed by atoms with Crippen molar-refractivity contribution in [3.63, 3.8) is 0 Å². The third-order valence-electron chi connectivity index (χ3n) is 2.97. The Kier molecular flexibility index (Phi) is 5.30. The van der Waals surface area contributed by atoms with Gasteiger partial charge in [-0.15, -0.1) is 0 Å². The van der Waals surface area contributed by atoms with E-state index in [1.54, 1.807) is 0 Å². The molecule has 1 fully saturated rings. The van der Waals surface area contributed by atoms with Crippen LogP contribution in [-0.2, 0) is 29.4 Å². The van der Waals surface area contributed by atoms with Crippen LogP contribution in [0.5, 0.6) is 0 Å². The summed E-state index contributed by atoms with van der Waals surface area (Å²) in [4.78, 5) is 10.7. The maximum Gasteiger partial charge on any atom is 0.334 e. The molecule has 8 nitrogen and oxygen atoms in total. The van der Waals surface area contributed by atoms with Gasteiger partial charge in [-0.05, 0) is 12.8 Å². The maximum atomic E-state index is 11.9. The molecule has 1 heterocycles. The van der Waals surface area contributed by atoms with E-state index in [0.717, 1.165) is 0 Å². The molecule has 0 aliphatic carbocycles. The van der Waals surface area contributed by atoms with Gasteiger partial charge in [0.2, 0.25) is 10.0 Å². The van der Waals surface area contributed by atoms with Crippen LogP contribution in [0.15, 0.2) is 0 Å². The molecule has 0 aromatic heterocycles. The van der Waals surface area contributed by atoms with Gasteiger partial charge < -0.3 is 9.84 Å². The number of carboxylic acids is 1. The van der Waals surface area contributed by atoms with Gasteiger partial charge in [0, 0.05) is 13.7 Å². The highest BCUT2D eigenvalue weighted by atomic mass is 32.2. The molecule has 112 valence electrons. The summed E-state index contributed by atoms with van der Waals surface area (Å²) in [6.07, 6.45) is -1.20. The van der Waals surface area contributed by atoms with Gasteiger partial charge in [0.15, 0.2) is 6.10 Å². The normalized spacial score (nSPS) is 21.9. The minimum Gasteiger partial charge on any atom is -0.479 e. The van der Waals surface area contributed by atoms with Crippen molar-refractivity contribution in [2.45, 2.75) is 24.2 Å². The van der Waals surface area contributed by atoms with Gasteiger partial charge in [0.25, 0.3) is 0 Å². The minimum atomic E-state index is -3.73. The van der Waals surface area contributed by atoms with Crippen molar-refractivity contribution in [3.8, 4) is 0 Å². The number of nitrogens with one attached hydrogen (secondary N) is 1. The molecule has 1 aliphatic heterocycles. The van der Waals surface area contributed by atoms with Crippen molar-refractivity contribution in [2.75, 3.05) is 25.2 Å². The summed E-state index contributed by atoms with van der Waals surface area (Å²) in [5.41, 5.74) is 0. The minimum absolute atomic E-state index is 0.0301. The second kappa shape index (κ2) is 6.16. The average molecular weight is 315 g/mol. The maximum absolute atomic E-state index is 11.9. The Bertz CT molecular complexity index is 511. The number of ether oxygens (including phenoxy) is 1. The highest BCUT2D eigenvalue weighted by Crippen LogP contribution is 2.18. The van der Waals surface area contributed by atoms with Gasteiger partial charge in [-0.1, -0.05) is 0 Å². The number of aliphatic carboxylic acids is 1. The van der Waals surface area contributed by atoms with E-state index >= 15 is 0 Å². The van der Waals surface area contributed by atoms with Gasteiger partial charge in [-0.2, -0.15) is 0 Å². The first-order chi connectivity index (χ1) is 8.68. The molecule has 10 heteroatoms. The lowest BCUT2D eigenvalue weighted by molar-refractivity contribution is -0.147. The van der Waals surface area contributed by atoms with E-state index in [0.29, 0.717) is 0 Å². The van der Waals surface area contributed by atoms with Crippen LogP contribution in [0.25, 0.3) is 0 Å². The molecule has 0 aromatic carbocycles. The van der Waals surface area contributed by atoms with Gasteiger partial charge in [0.05, 0.1) is 16.8 Å². The zero-order valence-corrected chi connectivity index (χ0v) is 12.0. The van der Waals surface area contributed by atoms with Crippen LogP contribution in [0.1, 0.15) is 12.8 Å². The fourth-order valence-electron chi connectivity index (χ4n) is 1.76. The molecule has 1 aliphatic rings. The number of rotatable bonds is 6. The fourth-order valence-corrected chi connectivity index (χ4v) is 5.03. The Labute approximate surface area is 112 Å². The first kappa shape index (κ1) is 16.3.